The molecule has 0 radical (unpaired) electrons. The molecule has 1 N–H and O–H groups in total. The molecule has 5 heteroatoms. The lowest BCUT2D eigenvalue weighted by molar-refractivity contribution is -0.182. The highest BCUT2D eigenvalue weighted by atomic mass is 16.6. The molecular weight excluding hydrogens is 356 g/mol. The minimum Gasteiger partial charge on any atom is -0.459 e. The monoisotopic (exact) mass is 382 g/mol. The third-order valence-corrected chi connectivity index (χ3v) is 5.74. The predicted octanol–water partition coefficient (Wildman–Crippen LogP) is 3.10. The first-order valence-electron chi connectivity index (χ1n) is 9.78. The number of fused-ring (bicyclic) bond motifs is 1. The van der Waals surface area contributed by atoms with Crippen molar-refractivity contribution >= 4 is 5.97 Å². The SMILES string of the molecule is C[C@@H]1C[C@](O)(C(=O)OCc2ccccc2)[C@H](COCc2ccccc2)[C@H]2O[C@H]21. The summed E-state index contributed by atoms with van der Waals surface area (Å²) in [6, 6.07) is 19.3. The van der Waals surface area contributed by atoms with Gasteiger partial charge in [0.05, 0.1) is 31.3 Å². The van der Waals surface area contributed by atoms with Crippen LogP contribution < -0.4 is 0 Å². The normalized spacial score (nSPS) is 31.1. The maximum atomic E-state index is 12.9. The summed E-state index contributed by atoms with van der Waals surface area (Å²) in [5.74, 6) is -0.921. The molecule has 2 fully saturated rings. The van der Waals surface area contributed by atoms with Crippen molar-refractivity contribution in [3.05, 3.63) is 71.8 Å². The third kappa shape index (κ3) is 3.97. The highest BCUT2D eigenvalue weighted by Gasteiger charge is 2.64. The van der Waals surface area contributed by atoms with Gasteiger partial charge in [-0.15, -0.1) is 0 Å². The van der Waals surface area contributed by atoms with Gasteiger partial charge < -0.3 is 19.3 Å². The van der Waals surface area contributed by atoms with Crippen LogP contribution in [0.2, 0.25) is 0 Å². The van der Waals surface area contributed by atoms with Crippen LogP contribution in [0.15, 0.2) is 60.7 Å². The van der Waals surface area contributed by atoms with Crippen LogP contribution in [0, 0.1) is 11.8 Å². The number of carbonyl (C=O) groups is 1. The van der Waals surface area contributed by atoms with Crippen LogP contribution in [0.5, 0.6) is 0 Å². The fraction of sp³-hybridized carbons (Fsp3) is 0.435. The summed E-state index contributed by atoms with van der Waals surface area (Å²) in [5, 5.41) is 11.3. The summed E-state index contributed by atoms with van der Waals surface area (Å²) in [6.07, 6.45) is 0.252. The van der Waals surface area contributed by atoms with E-state index in [1.165, 1.54) is 0 Å². The van der Waals surface area contributed by atoms with Crippen molar-refractivity contribution in [2.24, 2.45) is 11.8 Å². The van der Waals surface area contributed by atoms with Crippen molar-refractivity contribution in [3.63, 3.8) is 0 Å². The molecule has 28 heavy (non-hydrogen) atoms. The molecule has 0 amide bonds. The van der Waals surface area contributed by atoms with Crippen LogP contribution in [0.25, 0.3) is 0 Å². The second-order valence-corrected chi connectivity index (χ2v) is 7.84. The van der Waals surface area contributed by atoms with E-state index >= 15 is 0 Å². The van der Waals surface area contributed by atoms with Crippen molar-refractivity contribution in [1.29, 1.82) is 0 Å². The molecule has 5 atom stereocenters. The Morgan fingerprint density at radius 1 is 1.04 bits per heavy atom. The lowest BCUT2D eigenvalue weighted by atomic mass is 9.71. The van der Waals surface area contributed by atoms with E-state index in [2.05, 4.69) is 0 Å². The zero-order chi connectivity index (χ0) is 19.6. The van der Waals surface area contributed by atoms with E-state index in [9.17, 15) is 9.90 Å². The summed E-state index contributed by atoms with van der Waals surface area (Å²) < 4.78 is 17.1. The Bertz CT molecular complexity index is 793. The van der Waals surface area contributed by atoms with Crippen molar-refractivity contribution in [1.82, 2.24) is 0 Å². The highest BCUT2D eigenvalue weighted by molar-refractivity contribution is 5.80. The van der Waals surface area contributed by atoms with Gasteiger partial charge in [0.15, 0.2) is 5.60 Å². The van der Waals surface area contributed by atoms with E-state index in [4.69, 9.17) is 14.2 Å². The van der Waals surface area contributed by atoms with E-state index in [1.54, 1.807) is 0 Å². The molecule has 4 rings (SSSR count). The molecule has 0 bridgehead atoms. The molecule has 1 aliphatic carbocycles. The summed E-state index contributed by atoms with van der Waals surface area (Å²) in [5.41, 5.74) is 0.346. The van der Waals surface area contributed by atoms with E-state index in [0.29, 0.717) is 13.0 Å². The van der Waals surface area contributed by atoms with Gasteiger partial charge in [0.2, 0.25) is 0 Å². The van der Waals surface area contributed by atoms with Gasteiger partial charge in [0.1, 0.15) is 6.61 Å². The summed E-state index contributed by atoms with van der Waals surface area (Å²) in [6.45, 7) is 2.82. The number of hydrogen-bond donors (Lipinski definition) is 1. The number of carbonyl (C=O) groups excluding carboxylic acids is 1. The largest absolute Gasteiger partial charge is 0.459 e. The smallest absolute Gasteiger partial charge is 0.338 e. The first-order chi connectivity index (χ1) is 13.6. The van der Waals surface area contributed by atoms with Crippen molar-refractivity contribution in [2.45, 2.75) is 44.4 Å². The molecule has 5 nitrogen and oxygen atoms in total. The lowest BCUT2D eigenvalue weighted by Gasteiger charge is -2.37. The van der Waals surface area contributed by atoms with E-state index < -0.39 is 17.5 Å². The first kappa shape index (κ1) is 19.1. The molecule has 2 aromatic carbocycles. The lowest BCUT2D eigenvalue weighted by Crippen LogP contribution is -2.55. The van der Waals surface area contributed by atoms with Crippen LogP contribution >= 0.6 is 0 Å². The number of hydrogen-bond acceptors (Lipinski definition) is 5. The topological polar surface area (TPSA) is 68.3 Å². The summed E-state index contributed by atoms with van der Waals surface area (Å²) >= 11 is 0. The van der Waals surface area contributed by atoms with Gasteiger partial charge in [-0.25, -0.2) is 4.79 Å². The van der Waals surface area contributed by atoms with Crippen molar-refractivity contribution in [2.75, 3.05) is 6.61 Å². The van der Waals surface area contributed by atoms with Crippen LogP contribution in [0.1, 0.15) is 24.5 Å². The Balaban J connectivity index is 1.41. The molecule has 2 aromatic rings. The number of ether oxygens (including phenoxy) is 3. The van der Waals surface area contributed by atoms with Gasteiger partial charge >= 0.3 is 5.97 Å². The highest BCUT2D eigenvalue weighted by Crippen LogP contribution is 2.49. The minimum atomic E-state index is -1.59. The van der Waals surface area contributed by atoms with Gasteiger partial charge in [0, 0.05) is 0 Å². The molecule has 1 saturated carbocycles. The molecule has 2 aliphatic rings. The van der Waals surface area contributed by atoms with E-state index in [-0.39, 0.29) is 31.3 Å². The molecule has 148 valence electrons. The summed E-state index contributed by atoms with van der Waals surface area (Å²) in [7, 11) is 0. The molecule has 1 aliphatic heterocycles. The Kier molecular flexibility index (Phi) is 5.49. The Labute approximate surface area is 165 Å². The molecule has 0 spiro atoms. The molecule has 1 saturated heterocycles. The standard InChI is InChI=1S/C23H26O5/c1-16-12-23(25,22(24)27-14-18-10-6-3-7-11-18)19(21-20(16)28-21)15-26-13-17-8-4-2-5-9-17/h2-11,16,19-21,25H,12-15H2,1H3/t16-,19-,20+,21-,23-/m1/s1. The fourth-order valence-electron chi connectivity index (χ4n) is 4.14. The van der Waals surface area contributed by atoms with Crippen LogP contribution in [-0.4, -0.2) is 35.5 Å². The zero-order valence-electron chi connectivity index (χ0n) is 16.0. The van der Waals surface area contributed by atoms with Gasteiger partial charge in [-0.1, -0.05) is 67.6 Å². The van der Waals surface area contributed by atoms with E-state index in [1.807, 2.05) is 67.6 Å². The van der Waals surface area contributed by atoms with Crippen molar-refractivity contribution in [3.8, 4) is 0 Å². The first-order valence-corrected chi connectivity index (χ1v) is 9.78. The van der Waals surface area contributed by atoms with Gasteiger partial charge in [-0.05, 0) is 23.5 Å². The number of benzene rings is 2. The Morgan fingerprint density at radius 2 is 1.64 bits per heavy atom. The maximum absolute atomic E-state index is 12.9. The van der Waals surface area contributed by atoms with E-state index in [0.717, 1.165) is 11.1 Å². The van der Waals surface area contributed by atoms with Gasteiger partial charge in [-0.2, -0.15) is 0 Å². The minimum absolute atomic E-state index is 0.0903. The molecule has 0 aromatic heterocycles. The Hall–Kier alpha value is -2.21. The maximum Gasteiger partial charge on any atom is 0.338 e. The Morgan fingerprint density at radius 3 is 2.29 bits per heavy atom. The van der Waals surface area contributed by atoms with Crippen LogP contribution in [-0.2, 0) is 32.2 Å². The quantitative estimate of drug-likeness (QED) is 0.589. The number of rotatable bonds is 7. The molecule has 1 heterocycles. The van der Waals surface area contributed by atoms with Gasteiger partial charge in [0.25, 0.3) is 0 Å². The number of epoxide rings is 1. The average Bonchev–Trinajstić information content (AvgIpc) is 3.51. The second kappa shape index (κ2) is 8.03. The van der Waals surface area contributed by atoms with Gasteiger partial charge in [-0.3, -0.25) is 0 Å². The number of aliphatic hydroxyl groups is 1. The number of esters is 1. The fourth-order valence-corrected chi connectivity index (χ4v) is 4.14. The van der Waals surface area contributed by atoms with Crippen LogP contribution in [0.4, 0.5) is 0 Å². The zero-order valence-corrected chi connectivity index (χ0v) is 16.0. The average molecular weight is 382 g/mol. The predicted molar refractivity (Wildman–Crippen MR) is 103 cm³/mol. The summed E-state index contributed by atoms with van der Waals surface area (Å²) in [4.78, 5) is 12.9. The molecular formula is C23H26O5. The van der Waals surface area contributed by atoms with Crippen LogP contribution in [0.3, 0.4) is 0 Å². The second-order valence-electron chi connectivity index (χ2n) is 7.84. The van der Waals surface area contributed by atoms with Crippen molar-refractivity contribution < 1.29 is 24.1 Å². The third-order valence-electron chi connectivity index (χ3n) is 5.74. The molecule has 0 unspecified atom stereocenters.